The van der Waals surface area contributed by atoms with Gasteiger partial charge in [-0.05, 0) is 48.6 Å². The first-order valence-electron chi connectivity index (χ1n) is 15.9. The Labute approximate surface area is 271 Å². The lowest BCUT2D eigenvalue weighted by Crippen LogP contribution is -2.56. The van der Waals surface area contributed by atoms with Crippen molar-refractivity contribution in [2.75, 3.05) is 32.8 Å². The van der Waals surface area contributed by atoms with E-state index in [2.05, 4.69) is 35.9 Å². The van der Waals surface area contributed by atoms with Gasteiger partial charge in [-0.25, -0.2) is 14.9 Å². The van der Waals surface area contributed by atoms with Gasteiger partial charge in [0.1, 0.15) is 17.8 Å². The van der Waals surface area contributed by atoms with E-state index in [0.29, 0.717) is 43.7 Å². The fraction of sp³-hybridized carbons (Fsp3) is 0.394. The second-order valence-electron chi connectivity index (χ2n) is 11.5. The molecule has 1 saturated carbocycles. The van der Waals surface area contributed by atoms with Crippen LogP contribution >= 0.6 is 0 Å². The highest BCUT2D eigenvalue weighted by Gasteiger charge is 2.31. The zero-order chi connectivity index (χ0) is 32.6. The summed E-state index contributed by atoms with van der Waals surface area (Å²) in [5.41, 5.74) is 2.45. The molecule has 4 aromatic rings. The van der Waals surface area contributed by atoms with Crippen LogP contribution in [0.1, 0.15) is 48.7 Å². The van der Waals surface area contributed by atoms with Gasteiger partial charge in [0.25, 0.3) is 5.91 Å². The molecule has 2 aromatic heterocycles. The van der Waals surface area contributed by atoms with Crippen molar-refractivity contribution in [2.45, 2.75) is 51.2 Å². The number of piperazine rings is 1. The SMILES string of the molecule is CCOC(=O)N1CCN(C(=O)C(Cc2ccc(-c3nnn[nH]3)cc2)NC(=O)c2cc(OC3CCCC3)nc(-c3ccccc3)n2)CC1. The zero-order valence-electron chi connectivity index (χ0n) is 26.2. The van der Waals surface area contributed by atoms with Crippen LogP contribution in [0.3, 0.4) is 0 Å². The fourth-order valence-corrected chi connectivity index (χ4v) is 5.79. The molecule has 2 fully saturated rings. The lowest BCUT2D eigenvalue weighted by molar-refractivity contribution is -0.134. The maximum Gasteiger partial charge on any atom is 0.409 e. The van der Waals surface area contributed by atoms with Crippen LogP contribution in [0.5, 0.6) is 5.88 Å². The number of aromatic nitrogens is 6. The summed E-state index contributed by atoms with van der Waals surface area (Å²) < 4.78 is 11.3. The quantitative estimate of drug-likeness (QED) is 0.263. The number of nitrogens with zero attached hydrogens (tertiary/aromatic N) is 7. The third kappa shape index (κ3) is 7.88. The van der Waals surface area contributed by atoms with Gasteiger partial charge in [-0.1, -0.05) is 54.6 Å². The van der Waals surface area contributed by atoms with Crippen molar-refractivity contribution >= 4 is 17.9 Å². The van der Waals surface area contributed by atoms with E-state index in [-0.39, 0.29) is 30.7 Å². The Kier molecular flexibility index (Phi) is 9.94. The predicted molar refractivity (Wildman–Crippen MR) is 170 cm³/mol. The van der Waals surface area contributed by atoms with Crippen molar-refractivity contribution in [3.8, 4) is 28.7 Å². The summed E-state index contributed by atoms with van der Waals surface area (Å²) in [7, 11) is 0. The second-order valence-corrected chi connectivity index (χ2v) is 11.5. The first-order valence-corrected chi connectivity index (χ1v) is 15.9. The molecular formula is C33H37N9O5. The molecule has 47 heavy (non-hydrogen) atoms. The number of ether oxygens (including phenoxy) is 2. The van der Waals surface area contributed by atoms with Gasteiger partial charge in [0.2, 0.25) is 11.8 Å². The van der Waals surface area contributed by atoms with Gasteiger partial charge in [-0.15, -0.1) is 5.10 Å². The molecule has 14 nitrogen and oxygen atoms in total. The topological polar surface area (TPSA) is 168 Å². The maximum atomic E-state index is 14.0. The molecular weight excluding hydrogens is 602 g/mol. The molecule has 1 saturated heterocycles. The zero-order valence-corrected chi connectivity index (χ0v) is 26.2. The van der Waals surface area contributed by atoms with Crippen molar-refractivity contribution < 1.29 is 23.9 Å². The molecule has 1 aliphatic heterocycles. The van der Waals surface area contributed by atoms with E-state index in [0.717, 1.165) is 42.4 Å². The van der Waals surface area contributed by atoms with E-state index < -0.39 is 18.0 Å². The smallest absolute Gasteiger partial charge is 0.409 e. The van der Waals surface area contributed by atoms with Gasteiger partial charge in [-0.2, -0.15) is 4.98 Å². The third-order valence-electron chi connectivity index (χ3n) is 8.29. The van der Waals surface area contributed by atoms with Crippen LogP contribution in [0.25, 0.3) is 22.8 Å². The van der Waals surface area contributed by atoms with Crippen LogP contribution in [0, 0.1) is 0 Å². The van der Waals surface area contributed by atoms with Gasteiger partial charge in [-0.3, -0.25) is 9.59 Å². The molecule has 1 aliphatic carbocycles. The van der Waals surface area contributed by atoms with E-state index >= 15 is 0 Å². The van der Waals surface area contributed by atoms with Crippen LogP contribution in [0.2, 0.25) is 0 Å². The number of hydrogen-bond acceptors (Lipinski definition) is 10. The second kappa shape index (κ2) is 14.8. The van der Waals surface area contributed by atoms with Crippen LogP contribution in [-0.2, 0) is 16.0 Å². The summed E-state index contributed by atoms with van der Waals surface area (Å²) >= 11 is 0. The number of carbonyl (C=O) groups is 3. The van der Waals surface area contributed by atoms with Gasteiger partial charge < -0.3 is 24.6 Å². The van der Waals surface area contributed by atoms with Crippen molar-refractivity contribution in [1.29, 1.82) is 0 Å². The van der Waals surface area contributed by atoms with Gasteiger partial charge in [0, 0.05) is 49.8 Å². The summed E-state index contributed by atoms with van der Waals surface area (Å²) in [5.74, 6) is 0.428. The van der Waals surface area contributed by atoms with E-state index in [1.165, 1.54) is 0 Å². The Hall–Kier alpha value is -5.40. The Bertz CT molecular complexity index is 1650. The van der Waals surface area contributed by atoms with Crippen LogP contribution in [0.15, 0.2) is 60.7 Å². The summed E-state index contributed by atoms with van der Waals surface area (Å²) in [6.45, 7) is 3.32. The number of tetrazole rings is 1. The fourth-order valence-electron chi connectivity index (χ4n) is 5.79. The molecule has 1 atom stereocenters. The molecule has 2 aliphatic rings. The predicted octanol–water partition coefficient (Wildman–Crippen LogP) is 3.29. The highest BCUT2D eigenvalue weighted by Crippen LogP contribution is 2.26. The van der Waals surface area contributed by atoms with Crippen molar-refractivity contribution in [2.24, 2.45) is 0 Å². The normalized spacial score (nSPS) is 15.7. The number of benzene rings is 2. The molecule has 2 N–H and O–H groups in total. The molecule has 3 heterocycles. The van der Waals surface area contributed by atoms with Crippen molar-refractivity contribution in [1.82, 2.24) is 45.7 Å². The van der Waals surface area contributed by atoms with E-state index in [9.17, 15) is 14.4 Å². The molecule has 244 valence electrons. The Morgan fingerprint density at radius 3 is 2.34 bits per heavy atom. The van der Waals surface area contributed by atoms with Gasteiger partial charge in [0.05, 0.1) is 6.61 Å². The summed E-state index contributed by atoms with van der Waals surface area (Å²) in [6, 6.07) is 17.5. The minimum absolute atomic E-state index is 0.0303. The highest BCUT2D eigenvalue weighted by atomic mass is 16.6. The standard InChI is InChI=1S/C33H37N9O5/c1-2-46-33(45)42-18-16-41(17-19-42)32(44)27(20-22-12-14-24(15-13-22)30-37-39-40-38-30)35-31(43)26-21-28(47-25-10-6-7-11-25)36-29(34-26)23-8-4-3-5-9-23/h3-5,8-9,12-15,21,25,27H,2,6-7,10-11,16-20H2,1H3,(H,35,43)(H,37,38,39,40). The number of aromatic amines is 1. The summed E-state index contributed by atoms with van der Waals surface area (Å²) in [4.78, 5) is 52.6. The number of rotatable bonds is 10. The molecule has 0 bridgehead atoms. The Morgan fingerprint density at radius 2 is 1.66 bits per heavy atom. The number of hydrogen-bond donors (Lipinski definition) is 2. The van der Waals surface area contributed by atoms with Gasteiger partial charge in [0.15, 0.2) is 11.6 Å². The highest BCUT2D eigenvalue weighted by molar-refractivity contribution is 5.96. The molecule has 0 radical (unpaired) electrons. The number of amides is 3. The van der Waals surface area contributed by atoms with Crippen molar-refractivity contribution in [3.05, 3.63) is 71.9 Å². The largest absolute Gasteiger partial charge is 0.474 e. The van der Waals surface area contributed by atoms with E-state index in [4.69, 9.17) is 9.47 Å². The number of carbonyl (C=O) groups excluding carboxylic acids is 3. The van der Waals surface area contributed by atoms with E-state index in [1.807, 2.05) is 54.6 Å². The summed E-state index contributed by atoms with van der Waals surface area (Å²) in [5, 5.41) is 16.9. The van der Waals surface area contributed by atoms with Crippen LogP contribution in [-0.4, -0.2) is 103 Å². The molecule has 0 spiro atoms. The molecule has 3 amide bonds. The monoisotopic (exact) mass is 639 g/mol. The molecule has 6 rings (SSSR count). The first kappa shape index (κ1) is 31.6. The number of H-pyrrole nitrogens is 1. The lowest BCUT2D eigenvalue weighted by Gasteiger charge is -2.36. The van der Waals surface area contributed by atoms with Crippen molar-refractivity contribution in [3.63, 3.8) is 0 Å². The van der Waals surface area contributed by atoms with E-state index in [1.54, 1.807) is 22.8 Å². The van der Waals surface area contributed by atoms with Crippen LogP contribution in [0.4, 0.5) is 4.79 Å². The molecule has 14 heteroatoms. The average molecular weight is 640 g/mol. The number of nitrogens with one attached hydrogen (secondary N) is 2. The molecule has 1 unspecified atom stereocenters. The molecule has 2 aromatic carbocycles. The summed E-state index contributed by atoms with van der Waals surface area (Å²) in [6.07, 6.45) is 3.88. The average Bonchev–Trinajstić information content (AvgIpc) is 3.84. The van der Waals surface area contributed by atoms with Gasteiger partial charge >= 0.3 is 6.09 Å². The Morgan fingerprint density at radius 1 is 0.936 bits per heavy atom. The lowest BCUT2D eigenvalue weighted by atomic mass is 10.0. The minimum Gasteiger partial charge on any atom is -0.474 e. The minimum atomic E-state index is -0.913. The Balaban J connectivity index is 1.24. The first-order chi connectivity index (χ1) is 23.0. The maximum absolute atomic E-state index is 14.0. The third-order valence-corrected chi connectivity index (χ3v) is 8.29. The van der Waals surface area contributed by atoms with Crippen LogP contribution < -0.4 is 10.1 Å².